The van der Waals surface area contributed by atoms with Gasteiger partial charge in [-0.25, -0.2) is 0 Å². The third kappa shape index (κ3) is 3.28. The van der Waals surface area contributed by atoms with Gasteiger partial charge in [-0.05, 0) is 30.5 Å². The maximum atomic E-state index is 10.0. The van der Waals surface area contributed by atoms with E-state index in [2.05, 4.69) is 27.7 Å². The Hall–Kier alpha value is 0.177. The summed E-state index contributed by atoms with van der Waals surface area (Å²) in [4.78, 5) is 10.0. The lowest BCUT2D eigenvalue weighted by Crippen LogP contribution is -2.39. The molecular formula is C10H24OSi. The van der Waals surface area contributed by atoms with Crippen molar-refractivity contribution in [3.05, 3.63) is 0 Å². The average Bonchev–Trinajstić information content (AvgIpc) is 1.84. The van der Waals surface area contributed by atoms with E-state index in [1.54, 1.807) is 0 Å². The predicted molar refractivity (Wildman–Crippen MR) is 57.8 cm³/mol. The molecule has 0 fully saturated rings. The monoisotopic (exact) mass is 188 g/mol. The Morgan fingerprint density at radius 2 is 1.75 bits per heavy atom. The summed E-state index contributed by atoms with van der Waals surface area (Å²) >= 11 is 0. The molecule has 74 valence electrons. The molecule has 0 aliphatic carbocycles. The van der Waals surface area contributed by atoms with Gasteiger partial charge in [0, 0.05) is 0 Å². The normalized spacial score (nSPS) is 16.2. The van der Waals surface area contributed by atoms with E-state index >= 15 is 0 Å². The minimum absolute atomic E-state index is 0.155. The summed E-state index contributed by atoms with van der Waals surface area (Å²) in [6.07, 6.45) is 2.37. The molecule has 0 aromatic rings. The summed E-state index contributed by atoms with van der Waals surface area (Å²) in [6, 6.07) is 0. The van der Waals surface area contributed by atoms with Gasteiger partial charge in [0.15, 0.2) is 8.32 Å². The molecule has 0 aromatic heterocycles. The van der Waals surface area contributed by atoms with Crippen LogP contribution in [0.1, 0.15) is 40.5 Å². The second-order valence-corrected chi connectivity index (χ2v) is 9.63. The van der Waals surface area contributed by atoms with Crippen LogP contribution in [0, 0.1) is 5.92 Å². The van der Waals surface area contributed by atoms with Crippen LogP contribution in [0.2, 0.25) is 18.1 Å². The second-order valence-electron chi connectivity index (χ2n) is 5.16. The van der Waals surface area contributed by atoms with Gasteiger partial charge in [-0.2, -0.15) is 0 Å². The first kappa shape index (κ1) is 12.2. The Labute approximate surface area is 78.3 Å². The molecule has 0 heterocycles. The summed E-state index contributed by atoms with van der Waals surface area (Å²) in [6.45, 7) is 13.0. The standard InChI is InChI=1S/C10H24OSi/c1-7-9(2)8-10(3,4)12(5,6)11/h9,11H,7-8H2,1-6H3/t9-/m1/s1. The predicted octanol–water partition coefficient (Wildman–Crippen LogP) is 3.40. The zero-order chi connectivity index (χ0) is 9.99. The zero-order valence-electron chi connectivity index (χ0n) is 9.44. The smallest absolute Gasteiger partial charge is 0.188 e. The summed E-state index contributed by atoms with van der Waals surface area (Å²) < 4.78 is 0. The van der Waals surface area contributed by atoms with Crippen molar-refractivity contribution >= 4 is 8.32 Å². The second kappa shape index (κ2) is 3.92. The summed E-state index contributed by atoms with van der Waals surface area (Å²) in [5, 5.41) is 0.155. The fraction of sp³-hybridized carbons (Fsp3) is 1.00. The minimum Gasteiger partial charge on any atom is -0.432 e. The van der Waals surface area contributed by atoms with Gasteiger partial charge in [0.2, 0.25) is 0 Å². The van der Waals surface area contributed by atoms with Crippen molar-refractivity contribution in [2.45, 2.75) is 58.7 Å². The van der Waals surface area contributed by atoms with E-state index < -0.39 is 8.32 Å². The van der Waals surface area contributed by atoms with Crippen LogP contribution in [0.5, 0.6) is 0 Å². The van der Waals surface area contributed by atoms with Crippen LogP contribution in [0.25, 0.3) is 0 Å². The molecule has 0 unspecified atom stereocenters. The molecule has 0 aliphatic rings. The van der Waals surface area contributed by atoms with Gasteiger partial charge in [0.05, 0.1) is 0 Å². The van der Waals surface area contributed by atoms with E-state index in [0.29, 0.717) is 0 Å². The van der Waals surface area contributed by atoms with Gasteiger partial charge in [0.25, 0.3) is 0 Å². The molecule has 0 aliphatic heterocycles. The summed E-state index contributed by atoms with van der Waals surface area (Å²) in [7, 11) is -1.96. The maximum absolute atomic E-state index is 10.0. The largest absolute Gasteiger partial charge is 0.432 e. The van der Waals surface area contributed by atoms with Crippen molar-refractivity contribution in [2.75, 3.05) is 0 Å². The molecule has 0 saturated carbocycles. The van der Waals surface area contributed by atoms with Crippen LogP contribution >= 0.6 is 0 Å². The third-order valence-electron chi connectivity index (χ3n) is 3.21. The van der Waals surface area contributed by atoms with Crippen molar-refractivity contribution < 1.29 is 4.80 Å². The highest BCUT2D eigenvalue weighted by molar-refractivity contribution is 6.72. The molecule has 0 aromatic carbocycles. The van der Waals surface area contributed by atoms with E-state index in [4.69, 9.17) is 0 Å². The summed E-state index contributed by atoms with van der Waals surface area (Å²) in [5.41, 5.74) is 0. The van der Waals surface area contributed by atoms with Crippen molar-refractivity contribution in [3.8, 4) is 0 Å². The number of hydrogen-bond donors (Lipinski definition) is 1. The van der Waals surface area contributed by atoms with Crippen LogP contribution < -0.4 is 0 Å². The molecule has 12 heavy (non-hydrogen) atoms. The number of hydrogen-bond acceptors (Lipinski definition) is 1. The first-order valence-corrected chi connectivity index (χ1v) is 7.88. The van der Waals surface area contributed by atoms with Crippen LogP contribution in [-0.2, 0) is 0 Å². The lowest BCUT2D eigenvalue weighted by atomic mass is 9.96. The Kier molecular flexibility index (Phi) is 3.98. The molecule has 1 N–H and O–H groups in total. The highest BCUT2D eigenvalue weighted by Gasteiger charge is 2.38. The minimum atomic E-state index is -1.96. The van der Waals surface area contributed by atoms with Crippen LogP contribution in [0.15, 0.2) is 0 Å². The maximum Gasteiger partial charge on any atom is 0.188 e. The molecule has 1 atom stereocenters. The molecule has 1 nitrogen and oxygen atoms in total. The molecule has 0 bridgehead atoms. The Morgan fingerprint density at radius 1 is 1.33 bits per heavy atom. The van der Waals surface area contributed by atoms with E-state index in [0.717, 1.165) is 12.3 Å². The van der Waals surface area contributed by atoms with Gasteiger partial charge in [-0.3, -0.25) is 0 Å². The van der Waals surface area contributed by atoms with E-state index in [9.17, 15) is 4.80 Å². The van der Waals surface area contributed by atoms with E-state index in [-0.39, 0.29) is 5.04 Å². The van der Waals surface area contributed by atoms with Gasteiger partial charge in [0.1, 0.15) is 0 Å². The first-order chi connectivity index (χ1) is 5.20. The lowest BCUT2D eigenvalue weighted by Gasteiger charge is -2.36. The molecule has 2 heteroatoms. The Morgan fingerprint density at radius 3 is 2.00 bits per heavy atom. The molecule has 0 radical (unpaired) electrons. The molecule has 0 amide bonds. The fourth-order valence-corrected chi connectivity index (χ4v) is 2.11. The Bertz CT molecular complexity index is 135. The number of rotatable bonds is 4. The van der Waals surface area contributed by atoms with Crippen LogP contribution in [-0.4, -0.2) is 13.1 Å². The molecule has 0 saturated heterocycles. The SMILES string of the molecule is CC[C@@H](C)CC(C)(C)[Si](C)(C)O. The van der Waals surface area contributed by atoms with Gasteiger partial charge in [-0.15, -0.1) is 0 Å². The Balaban J connectivity index is 4.22. The summed E-state index contributed by atoms with van der Waals surface area (Å²) in [5.74, 6) is 0.735. The van der Waals surface area contributed by atoms with Crippen molar-refractivity contribution in [1.82, 2.24) is 0 Å². The van der Waals surface area contributed by atoms with Crippen molar-refractivity contribution in [2.24, 2.45) is 5.92 Å². The van der Waals surface area contributed by atoms with Crippen molar-refractivity contribution in [1.29, 1.82) is 0 Å². The lowest BCUT2D eigenvalue weighted by molar-refractivity contribution is 0.384. The molecule has 0 spiro atoms. The van der Waals surface area contributed by atoms with Gasteiger partial charge >= 0.3 is 0 Å². The van der Waals surface area contributed by atoms with Gasteiger partial charge in [-0.1, -0.05) is 34.1 Å². The first-order valence-electron chi connectivity index (χ1n) is 4.93. The van der Waals surface area contributed by atoms with Gasteiger partial charge < -0.3 is 4.80 Å². The van der Waals surface area contributed by atoms with E-state index in [1.165, 1.54) is 6.42 Å². The topological polar surface area (TPSA) is 20.2 Å². The zero-order valence-corrected chi connectivity index (χ0v) is 10.4. The fourth-order valence-electron chi connectivity index (χ4n) is 1.27. The average molecular weight is 188 g/mol. The quantitative estimate of drug-likeness (QED) is 0.670. The van der Waals surface area contributed by atoms with Crippen LogP contribution in [0.3, 0.4) is 0 Å². The third-order valence-corrected chi connectivity index (χ3v) is 6.73. The molecular weight excluding hydrogens is 164 g/mol. The molecule has 0 rings (SSSR count). The van der Waals surface area contributed by atoms with Crippen LogP contribution in [0.4, 0.5) is 0 Å². The highest BCUT2D eigenvalue weighted by Crippen LogP contribution is 2.41. The highest BCUT2D eigenvalue weighted by atomic mass is 28.4. The van der Waals surface area contributed by atoms with Crippen molar-refractivity contribution in [3.63, 3.8) is 0 Å². The van der Waals surface area contributed by atoms with E-state index in [1.807, 2.05) is 13.1 Å².